The van der Waals surface area contributed by atoms with Gasteiger partial charge in [0.2, 0.25) is 5.79 Å². The highest BCUT2D eigenvalue weighted by Crippen LogP contribution is 2.64. The second-order valence-electron chi connectivity index (χ2n) is 11.2. The van der Waals surface area contributed by atoms with E-state index in [2.05, 4.69) is 0 Å². The Labute approximate surface area is 265 Å². The van der Waals surface area contributed by atoms with Crippen LogP contribution in [0.5, 0.6) is 0 Å². The van der Waals surface area contributed by atoms with Crippen LogP contribution in [0.25, 0.3) is 0 Å². The summed E-state index contributed by atoms with van der Waals surface area (Å²) in [6.45, 7) is 5.55. The number of rotatable bonds is 25. The van der Waals surface area contributed by atoms with E-state index in [-0.39, 0.29) is 32.5 Å². The first-order chi connectivity index (χ1) is 21.6. The Bertz CT molecular complexity index is 932. The van der Waals surface area contributed by atoms with Crippen LogP contribution in [0.4, 0.5) is 74.6 Å². The largest absolute Gasteiger partial charge is 0.460 e. The minimum Gasteiger partial charge on any atom is -0.234 e. The van der Waals surface area contributed by atoms with Gasteiger partial charge in [-0.05, 0) is 19.3 Å². The van der Waals surface area contributed by atoms with E-state index in [9.17, 15) is 74.6 Å². The van der Waals surface area contributed by atoms with Crippen LogP contribution in [0.1, 0.15) is 98.3 Å². The molecule has 0 radical (unpaired) electrons. The SMILES string of the molecule is CCCCCCCCC(C)C(CCC(F)(F)C(F)(F)C(F)(F)C(F)(F)C(F)(F)C(F)(F)C(F)(F)C(F)(F)F)(OOCCC)OOCCC. The number of hydrogen-bond acceptors (Lipinski definition) is 4. The Morgan fingerprint density at radius 3 is 1.21 bits per heavy atom. The van der Waals surface area contributed by atoms with Crippen molar-refractivity contribution in [3.8, 4) is 0 Å². The molecule has 0 fully saturated rings. The van der Waals surface area contributed by atoms with Gasteiger partial charge >= 0.3 is 47.6 Å². The lowest BCUT2D eigenvalue weighted by atomic mass is 9.85. The molecule has 21 heteroatoms. The van der Waals surface area contributed by atoms with Crippen molar-refractivity contribution in [1.29, 1.82) is 0 Å². The summed E-state index contributed by atoms with van der Waals surface area (Å²) in [5.74, 6) is -60.8. The summed E-state index contributed by atoms with van der Waals surface area (Å²) >= 11 is 0. The van der Waals surface area contributed by atoms with Crippen LogP contribution in [0.2, 0.25) is 0 Å². The van der Waals surface area contributed by atoms with E-state index in [1.807, 2.05) is 6.92 Å². The fraction of sp³-hybridized carbons (Fsp3) is 1.00. The van der Waals surface area contributed by atoms with Crippen LogP contribution in [0.3, 0.4) is 0 Å². The van der Waals surface area contributed by atoms with Gasteiger partial charge in [-0.3, -0.25) is 0 Å². The first-order valence-electron chi connectivity index (χ1n) is 14.9. The maximum Gasteiger partial charge on any atom is 0.460 e. The molecule has 0 bridgehead atoms. The fourth-order valence-electron chi connectivity index (χ4n) is 4.09. The Kier molecular flexibility index (Phi) is 16.8. The van der Waals surface area contributed by atoms with Crippen LogP contribution in [0, 0.1) is 5.92 Å². The van der Waals surface area contributed by atoms with Crippen LogP contribution >= 0.6 is 0 Å². The van der Waals surface area contributed by atoms with Crippen molar-refractivity contribution in [1.82, 2.24) is 0 Å². The monoisotopic (exact) mass is 750 g/mol. The molecule has 0 aromatic heterocycles. The molecular weight excluding hydrogens is 711 g/mol. The van der Waals surface area contributed by atoms with E-state index in [4.69, 9.17) is 19.6 Å². The molecule has 0 spiro atoms. The maximum atomic E-state index is 14.8. The average Bonchev–Trinajstić information content (AvgIpc) is 2.96. The number of hydrogen-bond donors (Lipinski definition) is 0. The molecule has 0 aliphatic heterocycles. The lowest BCUT2D eigenvalue weighted by Crippen LogP contribution is -2.74. The van der Waals surface area contributed by atoms with Gasteiger partial charge in [-0.15, -0.1) is 0 Å². The Morgan fingerprint density at radius 1 is 0.438 bits per heavy atom. The van der Waals surface area contributed by atoms with Crippen LogP contribution < -0.4 is 0 Å². The standard InChI is InChI=1S/C27H39F17O4/c1-5-8-9-10-11-12-13-18(4)19(47-45-16-6-2,48-46-17-7-3)14-15-20(28,29)21(30,31)22(32,33)23(34,35)24(36,37)25(38,39)26(40,41)27(42,43)44/h18H,5-17H2,1-4H3. The summed E-state index contributed by atoms with van der Waals surface area (Å²) in [6, 6.07) is 0. The first kappa shape index (κ1) is 46.6. The average molecular weight is 751 g/mol. The number of halogens is 17. The highest BCUT2D eigenvalue weighted by Gasteiger charge is 2.95. The normalized spacial score (nSPS) is 15.7. The zero-order valence-electron chi connectivity index (χ0n) is 26.3. The van der Waals surface area contributed by atoms with Gasteiger partial charge in [0.15, 0.2) is 0 Å². The van der Waals surface area contributed by atoms with Crippen molar-refractivity contribution in [2.45, 2.75) is 152 Å². The number of unbranched alkanes of at least 4 members (excludes halogenated alkanes) is 5. The zero-order chi connectivity index (χ0) is 38.1. The van der Waals surface area contributed by atoms with E-state index in [0.29, 0.717) is 19.3 Å². The smallest absolute Gasteiger partial charge is 0.234 e. The van der Waals surface area contributed by atoms with E-state index >= 15 is 0 Å². The molecule has 0 aromatic rings. The molecule has 4 nitrogen and oxygen atoms in total. The van der Waals surface area contributed by atoms with Gasteiger partial charge in [-0.1, -0.05) is 66.2 Å². The molecule has 0 N–H and O–H groups in total. The third-order valence-electron chi connectivity index (χ3n) is 7.29. The van der Waals surface area contributed by atoms with Gasteiger partial charge in [-0.25, -0.2) is 9.78 Å². The summed E-state index contributed by atoms with van der Waals surface area (Å²) < 4.78 is 233. The maximum absolute atomic E-state index is 14.8. The van der Waals surface area contributed by atoms with Gasteiger partial charge in [0.25, 0.3) is 0 Å². The van der Waals surface area contributed by atoms with Crippen LogP contribution in [-0.4, -0.2) is 66.6 Å². The van der Waals surface area contributed by atoms with Gasteiger partial charge in [0.05, 0.1) is 13.2 Å². The first-order valence-corrected chi connectivity index (χ1v) is 14.9. The number of alkyl halides is 17. The minimum absolute atomic E-state index is 0.0258. The van der Waals surface area contributed by atoms with Crippen molar-refractivity contribution in [2.24, 2.45) is 5.92 Å². The molecule has 0 aromatic carbocycles. The summed E-state index contributed by atoms with van der Waals surface area (Å²) in [5, 5.41) is 0. The Balaban J connectivity index is 6.66. The molecule has 0 aliphatic carbocycles. The summed E-state index contributed by atoms with van der Waals surface area (Å²) in [7, 11) is 0. The Hall–Kier alpha value is -1.35. The van der Waals surface area contributed by atoms with Crippen LogP contribution in [0.15, 0.2) is 0 Å². The lowest BCUT2D eigenvalue weighted by molar-refractivity contribution is -0.526. The van der Waals surface area contributed by atoms with Gasteiger partial charge in [0.1, 0.15) is 0 Å². The molecular formula is C27H39F17O4. The van der Waals surface area contributed by atoms with Crippen molar-refractivity contribution >= 4 is 0 Å². The van der Waals surface area contributed by atoms with Crippen LogP contribution in [-0.2, 0) is 19.6 Å². The second-order valence-corrected chi connectivity index (χ2v) is 11.2. The summed E-state index contributed by atoms with van der Waals surface area (Å²) in [4.78, 5) is 19.7. The molecule has 0 saturated heterocycles. The van der Waals surface area contributed by atoms with E-state index in [1.165, 1.54) is 20.8 Å². The molecule has 0 saturated carbocycles. The van der Waals surface area contributed by atoms with Crippen molar-refractivity contribution in [3.05, 3.63) is 0 Å². The molecule has 0 rings (SSSR count). The molecule has 48 heavy (non-hydrogen) atoms. The van der Waals surface area contributed by atoms with E-state index < -0.39 is 72.2 Å². The topological polar surface area (TPSA) is 36.9 Å². The molecule has 0 heterocycles. The fourth-order valence-corrected chi connectivity index (χ4v) is 4.09. The highest BCUT2D eigenvalue weighted by molar-refractivity contribution is 5.15. The van der Waals surface area contributed by atoms with E-state index in [1.54, 1.807) is 0 Å². The zero-order valence-corrected chi connectivity index (χ0v) is 26.3. The lowest BCUT2D eigenvalue weighted by Gasteiger charge is -2.43. The van der Waals surface area contributed by atoms with Gasteiger partial charge < -0.3 is 0 Å². The molecule has 0 aliphatic rings. The predicted octanol–water partition coefficient (Wildman–Crippen LogP) is 11.6. The quantitative estimate of drug-likeness (QED) is 0.0306. The van der Waals surface area contributed by atoms with Crippen molar-refractivity contribution in [2.75, 3.05) is 13.2 Å². The van der Waals surface area contributed by atoms with Gasteiger partial charge in [-0.2, -0.15) is 84.4 Å². The third-order valence-corrected chi connectivity index (χ3v) is 7.29. The summed E-state index contributed by atoms with van der Waals surface area (Å²) in [6.07, 6.45) is -7.82. The molecule has 1 atom stereocenters. The molecule has 290 valence electrons. The van der Waals surface area contributed by atoms with E-state index in [0.717, 1.165) is 19.3 Å². The minimum atomic E-state index is -8.69. The molecule has 1 unspecified atom stereocenters. The van der Waals surface area contributed by atoms with Gasteiger partial charge in [0, 0.05) is 18.8 Å². The summed E-state index contributed by atoms with van der Waals surface area (Å²) in [5.41, 5.74) is 0. The highest BCUT2D eigenvalue weighted by atomic mass is 19.4. The van der Waals surface area contributed by atoms with Crippen molar-refractivity contribution in [3.63, 3.8) is 0 Å². The van der Waals surface area contributed by atoms with Crippen molar-refractivity contribution < 1.29 is 94.2 Å². The third kappa shape index (κ3) is 9.50. The molecule has 0 amide bonds. The Morgan fingerprint density at radius 2 is 0.812 bits per heavy atom. The second kappa shape index (κ2) is 17.2. The predicted molar refractivity (Wildman–Crippen MR) is 134 cm³/mol.